The predicted molar refractivity (Wildman–Crippen MR) is 111 cm³/mol. The summed E-state index contributed by atoms with van der Waals surface area (Å²) in [4.78, 5) is 15.3. The van der Waals surface area contributed by atoms with E-state index in [0.717, 1.165) is 35.5 Å². The summed E-state index contributed by atoms with van der Waals surface area (Å²) in [5.41, 5.74) is 4.97. The summed E-state index contributed by atoms with van der Waals surface area (Å²) < 4.78 is 0. The van der Waals surface area contributed by atoms with Gasteiger partial charge in [-0.3, -0.25) is 9.69 Å². The van der Waals surface area contributed by atoms with Crippen molar-refractivity contribution in [3.05, 3.63) is 83.7 Å². The van der Waals surface area contributed by atoms with E-state index in [9.17, 15) is 4.79 Å². The molecule has 2 aromatic rings. The number of carbonyl (C=O) groups excluding carboxylic acids is 1. The third-order valence-electron chi connectivity index (χ3n) is 5.60. The molecule has 4 rings (SSSR count). The predicted octanol–water partition coefficient (Wildman–Crippen LogP) is 5.74. The Labute approximate surface area is 161 Å². The van der Waals surface area contributed by atoms with E-state index in [1.54, 1.807) is 0 Å². The van der Waals surface area contributed by atoms with Crippen molar-refractivity contribution >= 4 is 17.3 Å². The number of amides is 1. The van der Waals surface area contributed by atoms with Crippen LogP contribution in [0.25, 0.3) is 0 Å². The van der Waals surface area contributed by atoms with Crippen molar-refractivity contribution in [3.8, 4) is 0 Å². The topological polar surface area (TPSA) is 32.3 Å². The molecule has 0 saturated heterocycles. The number of hydrogen-bond acceptors (Lipinski definition) is 2. The lowest BCUT2D eigenvalue weighted by atomic mass is 9.72. The van der Waals surface area contributed by atoms with Crippen LogP contribution in [0.3, 0.4) is 0 Å². The Balaban J connectivity index is 1.77. The molecule has 3 nitrogen and oxygen atoms in total. The van der Waals surface area contributed by atoms with Crippen LogP contribution in [0.5, 0.6) is 0 Å². The maximum absolute atomic E-state index is 13.4. The third-order valence-corrected chi connectivity index (χ3v) is 5.60. The number of allylic oxidation sites excluding steroid dienone is 2. The van der Waals surface area contributed by atoms with Gasteiger partial charge in [0.2, 0.25) is 0 Å². The highest BCUT2D eigenvalue weighted by molar-refractivity contribution is 6.15. The molecule has 0 saturated carbocycles. The van der Waals surface area contributed by atoms with Crippen LogP contribution in [0, 0.1) is 11.3 Å². The van der Waals surface area contributed by atoms with E-state index in [1.165, 1.54) is 0 Å². The smallest absolute Gasteiger partial charge is 0.279 e. The van der Waals surface area contributed by atoms with Crippen molar-refractivity contribution < 1.29 is 4.79 Å². The zero-order chi connectivity index (χ0) is 19.0. The summed E-state index contributed by atoms with van der Waals surface area (Å²) in [7, 11) is 0. The van der Waals surface area contributed by atoms with Gasteiger partial charge in [-0.2, -0.15) is 0 Å². The molecule has 0 spiro atoms. The summed E-state index contributed by atoms with van der Waals surface area (Å²) in [6.07, 6.45) is 4.16. The molecule has 0 fully saturated rings. The van der Waals surface area contributed by atoms with Crippen LogP contribution < -0.4 is 10.2 Å². The van der Waals surface area contributed by atoms with Gasteiger partial charge < -0.3 is 5.32 Å². The van der Waals surface area contributed by atoms with Crippen molar-refractivity contribution in [1.82, 2.24) is 0 Å². The van der Waals surface area contributed by atoms with Crippen LogP contribution in [-0.4, -0.2) is 5.91 Å². The quantitative estimate of drug-likeness (QED) is 0.759. The van der Waals surface area contributed by atoms with Crippen LogP contribution in [0.1, 0.15) is 33.6 Å². The Hall–Kier alpha value is -2.81. The lowest BCUT2D eigenvalue weighted by Gasteiger charge is -2.34. The molecule has 0 aromatic heterocycles. The monoisotopic (exact) mass is 358 g/mol. The van der Waals surface area contributed by atoms with Crippen LogP contribution in [-0.2, 0) is 4.79 Å². The minimum Gasteiger partial charge on any atom is -0.351 e. The largest absolute Gasteiger partial charge is 0.351 e. The first-order chi connectivity index (χ1) is 12.9. The Bertz CT molecular complexity index is 904. The van der Waals surface area contributed by atoms with Crippen LogP contribution in [0.2, 0.25) is 0 Å². The van der Waals surface area contributed by atoms with Gasteiger partial charge in [0.15, 0.2) is 0 Å². The van der Waals surface area contributed by atoms with E-state index in [4.69, 9.17) is 0 Å². The van der Waals surface area contributed by atoms with Crippen molar-refractivity contribution in [2.45, 2.75) is 33.6 Å². The second-order valence-corrected chi connectivity index (χ2v) is 8.41. The van der Waals surface area contributed by atoms with Gasteiger partial charge in [-0.25, -0.2) is 0 Å². The lowest BCUT2D eigenvalue weighted by Crippen LogP contribution is -2.28. The number of benzene rings is 2. The van der Waals surface area contributed by atoms with Gasteiger partial charge in [0.25, 0.3) is 5.91 Å². The molecule has 1 aliphatic heterocycles. The lowest BCUT2D eigenvalue weighted by molar-refractivity contribution is -0.114. The van der Waals surface area contributed by atoms with Gasteiger partial charge in [0.05, 0.1) is 5.70 Å². The van der Waals surface area contributed by atoms with Gasteiger partial charge in [0, 0.05) is 16.9 Å². The Kier molecular flexibility index (Phi) is 4.39. The normalized spacial score (nSPS) is 19.8. The van der Waals surface area contributed by atoms with E-state index in [2.05, 4.69) is 32.2 Å². The van der Waals surface area contributed by atoms with E-state index < -0.39 is 0 Å². The Morgan fingerprint density at radius 3 is 2.22 bits per heavy atom. The second kappa shape index (κ2) is 6.73. The highest BCUT2D eigenvalue weighted by Gasteiger charge is 2.40. The number of para-hydroxylation sites is 2. The van der Waals surface area contributed by atoms with Crippen LogP contribution >= 0.6 is 0 Å². The number of nitrogens with one attached hydrogen (secondary N) is 1. The number of carbonyl (C=O) groups is 1. The molecule has 1 N–H and O–H groups in total. The number of rotatable bonds is 3. The Morgan fingerprint density at radius 1 is 0.963 bits per heavy atom. The highest BCUT2D eigenvalue weighted by Crippen LogP contribution is 2.46. The van der Waals surface area contributed by atoms with E-state index in [0.29, 0.717) is 11.6 Å². The first-order valence-corrected chi connectivity index (χ1v) is 9.60. The molecule has 0 unspecified atom stereocenters. The molecule has 2 aromatic carbocycles. The molecular weight excluding hydrogens is 332 g/mol. The first-order valence-electron chi connectivity index (χ1n) is 9.60. The SMILES string of the molecule is CC(C)(C)[C@H]1CC=C2C(=C(Nc3ccccc3)C(=O)N2c2ccccc2)C1. The molecule has 138 valence electrons. The summed E-state index contributed by atoms with van der Waals surface area (Å²) in [5, 5.41) is 3.41. The molecule has 0 bridgehead atoms. The fourth-order valence-corrected chi connectivity index (χ4v) is 3.91. The average molecular weight is 358 g/mol. The van der Waals surface area contributed by atoms with Crippen LogP contribution in [0.4, 0.5) is 11.4 Å². The van der Waals surface area contributed by atoms with Gasteiger partial charge >= 0.3 is 0 Å². The molecule has 1 amide bonds. The molecule has 2 aliphatic rings. The van der Waals surface area contributed by atoms with Crippen molar-refractivity contribution in [1.29, 1.82) is 0 Å². The number of hydrogen-bond donors (Lipinski definition) is 1. The second-order valence-electron chi connectivity index (χ2n) is 8.41. The van der Waals surface area contributed by atoms with Gasteiger partial charge in [-0.1, -0.05) is 63.2 Å². The zero-order valence-corrected chi connectivity index (χ0v) is 16.2. The molecule has 27 heavy (non-hydrogen) atoms. The van der Waals surface area contributed by atoms with Crippen LogP contribution in [0.15, 0.2) is 83.7 Å². The zero-order valence-electron chi connectivity index (χ0n) is 16.2. The van der Waals surface area contributed by atoms with E-state index >= 15 is 0 Å². The molecular formula is C24H26N2O. The minimum atomic E-state index is 0.0286. The van der Waals surface area contributed by atoms with Crippen molar-refractivity contribution in [2.24, 2.45) is 11.3 Å². The van der Waals surface area contributed by atoms with Crippen molar-refractivity contribution in [2.75, 3.05) is 10.2 Å². The van der Waals surface area contributed by atoms with Crippen molar-refractivity contribution in [3.63, 3.8) is 0 Å². The van der Waals surface area contributed by atoms with Gasteiger partial charge in [-0.05, 0) is 48.4 Å². The third kappa shape index (κ3) is 3.30. The Morgan fingerprint density at radius 2 is 1.59 bits per heavy atom. The average Bonchev–Trinajstić information content (AvgIpc) is 2.94. The maximum atomic E-state index is 13.4. The summed E-state index contributed by atoms with van der Waals surface area (Å²) in [6.45, 7) is 6.85. The first kappa shape index (κ1) is 17.6. The summed E-state index contributed by atoms with van der Waals surface area (Å²) in [5.74, 6) is 0.549. The fraction of sp³-hybridized carbons (Fsp3) is 0.292. The highest BCUT2D eigenvalue weighted by atomic mass is 16.2. The number of anilines is 2. The molecule has 1 aliphatic carbocycles. The van der Waals surface area contributed by atoms with Gasteiger partial charge in [0.1, 0.15) is 5.70 Å². The van der Waals surface area contributed by atoms with E-state index in [1.807, 2.05) is 65.6 Å². The van der Waals surface area contributed by atoms with Gasteiger partial charge in [-0.15, -0.1) is 0 Å². The number of fused-ring (bicyclic) bond motifs is 1. The molecule has 3 heteroatoms. The number of nitrogens with zero attached hydrogens (tertiary/aromatic N) is 1. The summed E-state index contributed by atoms with van der Waals surface area (Å²) in [6, 6.07) is 19.9. The standard InChI is InChI=1S/C24H26N2O/c1-24(2,3)17-14-15-21-20(16-17)22(25-18-10-6-4-7-11-18)23(27)26(21)19-12-8-5-9-13-19/h4-13,15,17,25H,14,16H2,1-3H3/t17-/m0/s1. The van der Waals surface area contributed by atoms with E-state index in [-0.39, 0.29) is 11.3 Å². The summed E-state index contributed by atoms with van der Waals surface area (Å²) >= 11 is 0. The molecule has 1 heterocycles. The maximum Gasteiger partial charge on any atom is 0.279 e. The fourth-order valence-electron chi connectivity index (χ4n) is 3.91. The molecule has 1 atom stereocenters. The minimum absolute atomic E-state index is 0.0286. The molecule has 0 radical (unpaired) electrons.